The molecule has 11 rings (SSSR count). The van der Waals surface area contributed by atoms with Crippen LogP contribution >= 0.6 is 0 Å². The van der Waals surface area contributed by atoms with E-state index in [4.69, 9.17) is 4.42 Å². The predicted octanol–water partition coefficient (Wildman–Crippen LogP) is 15.1. The molecule has 2 aliphatic carbocycles. The molecule has 0 atom stereocenters. The van der Waals surface area contributed by atoms with Crippen molar-refractivity contribution in [3.05, 3.63) is 148 Å². The van der Waals surface area contributed by atoms with Crippen LogP contribution in [0.3, 0.4) is 0 Å². The fraction of sp³-hybridized carbons (Fsp3) is 0.377. The minimum atomic E-state index is -0.108. The van der Waals surface area contributed by atoms with Gasteiger partial charge in [-0.1, -0.05) is 131 Å². The third-order valence-electron chi connectivity index (χ3n) is 16.6. The van der Waals surface area contributed by atoms with Crippen LogP contribution in [-0.4, -0.2) is 6.71 Å². The molecule has 0 unspecified atom stereocenters. The van der Waals surface area contributed by atoms with Crippen LogP contribution in [0.2, 0.25) is 0 Å². The summed E-state index contributed by atoms with van der Waals surface area (Å²) in [7, 11) is 0. The fourth-order valence-electron chi connectivity index (χ4n) is 12.3. The summed E-state index contributed by atoms with van der Waals surface area (Å²) in [6.45, 7) is 33.2. The molecule has 1 aromatic heterocycles. The maximum atomic E-state index is 7.62. The molecule has 0 N–H and O–H groups in total. The van der Waals surface area contributed by atoms with Crippen molar-refractivity contribution in [2.45, 2.75) is 150 Å². The largest absolute Gasteiger partial charge is 0.468 e. The van der Waals surface area contributed by atoms with Crippen LogP contribution in [0.25, 0.3) is 22.1 Å². The molecule has 65 heavy (non-hydrogen) atoms. The first kappa shape index (κ1) is 42.2. The van der Waals surface area contributed by atoms with E-state index in [0.29, 0.717) is 0 Å². The smallest absolute Gasteiger partial charge is 0.297 e. The van der Waals surface area contributed by atoms with Crippen LogP contribution in [0.5, 0.6) is 0 Å². The Hall–Kier alpha value is -5.48. The minimum absolute atomic E-state index is 0.0319. The predicted molar refractivity (Wildman–Crippen MR) is 279 cm³/mol. The van der Waals surface area contributed by atoms with Gasteiger partial charge in [-0.3, -0.25) is 0 Å². The Labute approximate surface area is 389 Å². The first-order valence-electron chi connectivity index (χ1n) is 24.4. The molecule has 7 aromatic rings. The van der Waals surface area contributed by atoms with Crippen molar-refractivity contribution in [2.75, 3.05) is 9.80 Å². The Morgan fingerprint density at radius 3 is 1.72 bits per heavy atom. The second-order valence-electron chi connectivity index (χ2n) is 24.1. The summed E-state index contributed by atoms with van der Waals surface area (Å²) in [6, 6.07) is 40.5. The van der Waals surface area contributed by atoms with Gasteiger partial charge in [-0.2, -0.15) is 0 Å². The number of anilines is 6. The lowest BCUT2D eigenvalue weighted by Crippen LogP contribution is -2.61. The number of fused-ring (bicyclic) bond motifs is 8. The Balaban J connectivity index is 1.27. The second-order valence-corrected chi connectivity index (χ2v) is 24.1. The molecule has 4 aliphatic rings. The van der Waals surface area contributed by atoms with Crippen LogP contribution in [0.15, 0.2) is 108 Å². The SMILES string of the molecule is Cc1cc2c3c(c1)N(c1ccc(C(C)(C)C)cc1)c1c(oc4cc5c(cc14)C(C)(C)CCC5(C)C)B3c1cc3c(cc1N2c1cc(-c2ccccc2C)ccc1C)C(C)(C)CCC3(C)C. The van der Waals surface area contributed by atoms with E-state index in [9.17, 15) is 0 Å². The van der Waals surface area contributed by atoms with Crippen molar-refractivity contribution in [3.63, 3.8) is 0 Å². The van der Waals surface area contributed by atoms with Gasteiger partial charge >= 0.3 is 0 Å². The molecule has 0 saturated heterocycles. The van der Waals surface area contributed by atoms with E-state index in [0.717, 1.165) is 42.6 Å². The van der Waals surface area contributed by atoms with Gasteiger partial charge in [0.2, 0.25) is 0 Å². The third kappa shape index (κ3) is 6.28. The molecule has 2 aliphatic heterocycles. The van der Waals surface area contributed by atoms with Crippen LogP contribution < -0.4 is 26.4 Å². The lowest BCUT2D eigenvalue weighted by molar-refractivity contribution is 0.332. The van der Waals surface area contributed by atoms with E-state index >= 15 is 0 Å². The number of rotatable bonds is 3. The molecule has 0 fully saturated rings. The third-order valence-corrected chi connectivity index (χ3v) is 16.6. The van der Waals surface area contributed by atoms with Gasteiger partial charge in [0.25, 0.3) is 6.71 Å². The first-order valence-corrected chi connectivity index (χ1v) is 24.4. The molecule has 0 amide bonds. The number of hydrogen-bond donors (Lipinski definition) is 0. The van der Waals surface area contributed by atoms with Gasteiger partial charge in [-0.05, 0) is 189 Å². The fourth-order valence-corrected chi connectivity index (χ4v) is 12.3. The van der Waals surface area contributed by atoms with Gasteiger partial charge < -0.3 is 14.2 Å². The zero-order valence-electron chi connectivity index (χ0n) is 41.5. The summed E-state index contributed by atoms with van der Waals surface area (Å²) in [5.41, 5.74) is 25.7. The first-order chi connectivity index (χ1) is 30.6. The Morgan fingerprint density at radius 1 is 0.538 bits per heavy atom. The maximum Gasteiger partial charge on any atom is 0.297 e. The molecule has 0 saturated carbocycles. The van der Waals surface area contributed by atoms with Crippen molar-refractivity contribution in [1.82, 2.24) is 0 Å². The molecule has 0 spiro atoms. The van der Waals surface area contributed by atoms with Gasteiger partial charge in [0.15, 0.2) is 0 Å². The quantitative estimate of drug-likeness (QED) is 0.165. The monoisotopic (exact) mass is 855 g/mol. The number of nitrogens with zero attached hydrogens (tertiary/aromatic N) is 2. The molecule has 0 bridgehead atoms. The second kappa shape index (κ2) is 13.8. The van der Waals surface area contributed by atoms with Crippen LogP contribution in [-0.2, 0) is 27.1 Å². The van der Waals surface area contributed by atoms with Crippen LogP contribution in [0.4, 0.5) is 34.1 Å². The topological polar surface area (TPSA) is 19.6 Å². The average Bonchev–Trinajstić information content (AvgIpc) is 3.62. The van der Waals surface area contributed by atoms with Gasteiger partial charge in [0.1, 0.15) is 5.58 Å². The minimum Gasteiger partial charge on any atom is -0.468 e. The van der Waals surface area contributed by atoms with E-state index in [-0.39, 0.29) is 33.8 Å². The number of benzene rings is 6. The van der Waals surface area contributed by atoms with Crippen molar-refractivity contribution in [1.29, 1.82) is 0 Å². The Morgan fingerprint density at radius 2 is 1.11 bits per heavy atom. The summed E-state index contributed by atoms with van der Waals surface area (Å²) in [6.07, 6.45) is 4.64. The summed E-state index contributed by atoms with van der Waals surface area (Å²) in [5.74, 6) is 0. The van der Waals surface area contributed by atoms with Crippen molar-refractivity contribution in [2.24, 2.45) is 0 Å². The zero-order chi connectivity index (χ0) is 45.9. The lowest BCUT2D eigenvalue weighted by atomic mass is 9.35. The summed E-state index contributed by atoms with van der Waals surface area (Å²) < 4.78 is 7.62. The molecular weight excluding hydrogens is 787 g/mol. The van der Waals surface area contributed by atoms with Crippen molar-refractivity contribution >= 4 is 68.4 Å². The number of aryl methyl sites for hydroxylation is 3. The van der Waals surface area contributed by atoms with Gasteiger partial charge in [0, 0.05) is 33.8 Å². The highest BCUT2D eigenvalue weighted by atomic mass is 16.3. The average molecular weight is 855 g/mol. The summed E-state index contributed by atoms with van der Waals surface area (Å²) >= 11 is 0. The highest BCUT2D eigenvalue weighted by Crippen LogP contribution is 2.54. The maximum absolute atomic E-state index is 7.62. The van der Waals surface area contributed by atoms with Gasteiger partial charge in [0.05, 0.1) is 11.3 Å². The molecular formula is C61H67BN2O. The number of furan rings is 1. The summed E-state index contributed by atoms with van der Waals surface area (Å²) in [5, 5.41) is 1.21. The molecule has 3 nitrogen and oxygen atoms in total. The van der Waals surface area contributed by atoms with Gasteiger partial charge in [-0.25, -0.2) is 0 Å². The van der Waals surface area contributed by atoms with Crippen LogP contribution in [0, 0.1) is 20.8 Å². The van der Waals surface area contributed by atoms with E-state index < -0.39 is 0 Å². The molecule has 3 heterocycles. The highest BCUT2D eigenvalue weighted by molar-refractivity contribution is 7.00. The number of hydrogen-bond acceptors (Lipinski definition) is 3. The molecule has 330 valence electrons. The van der Waals surface area contributed by atoms with E-state index in [1.807, 2.05) is 0 Å². The highest BCUT2D eigenvalue weighted by Gasteiger charge is 2.50. The van der Waals surface area contributed by atoms with E-state index in [2.05, 4.69) is 210 Å². The summed E-state index contributed by atoms with van der Waals surface area (Å²) in [4.78, 5) is 5.22. The van der Waals surface area contributed by atoms with E-state index in [1.165, 1.54) is 100 Å². The molecule has 4 heteroatoms. The van der Waals surface area contributed by atoms with Crippen molar-refractivity contribution < 1.29 is 4.42 Å². The normalized spacial score (nSPS) is 18.5. The zero-order valence-corrected chi connectivity index (χ0v) is 41.5. The molecule has 0 radical (unpaired) electrons. The van der Waals surface area contributed by atoms with E-state index in [1.54, 1.807) is 0 Å². The standard InChI is InChI=1S/C61H67BN2O/c1-36-29-51-54-52(30-36)64(49-31-39(20-19-38(49)3)42-18-16-15-17-37(42)2)50-34-46-45(59(9,10)26-27-60(46,11)12)33-48(50)62(54)56-55(63(51)41-23-21-40(22-24-41)57(4,5)6)43-32-44-47(35-53(43)65-56)61(13,14)28-25-58(44,7)8/h15-24,29-35H,25-28H2,1-14H3. The molecule has 6 aromatic carbocycles. The lowest BCUT2D eigenvalue weighted by Gasteiger charge is -2.47. The Bertz CT molecular complexity index is 3130. The van der Waals surface area contributed by atoms with Gasteiger partial charge in [-0.15, -0.1) is 0 Å². The van der Waals surface area contributed by atoms with Crippen LogP contribution in [0.1, 0.15) is 146 Å². The van der Waals surface area contributed by atoms with Crippen molar-refractivity contribution in [3.8, 4) is 11.1 Å². The Kier molecular flexibility index (Phi) is 8.95.